The third kappa shape index (κ3) is 3.97. The Kier molecular flexibility index (Phi) is 3.87. The lowest BCUT2D eigenvalue weighted by Crippen LogP contribution is -2.27. The van der Waals surface area contributed by atoms with Gasteiger partial charge in [-0.25, -0.2) is 4.99 Å². The maximum absolute atomic E-state index is 12.2. The molecular weight excluding hydrogens is 280 g/mol. The second-order valence-corrected chi connectivity index (χ2v) is 3.29. The van der Waals surface area contributed by atoms with Crippen LogP contribution in [0.2, 0.25) is 0 Å². The van der Waals surface area contributed by atoms with Crippen LogP contribution in [0.25, 0.3) is 0 Å². The van der Waals surface area contributed by atoms with Crippen LogP contribution in [0.4, 0.5) is 26.3 Å². The minimum Gasteiger partial charge on any atom is -0.858 e. The minimum absolute atomic E-state index is 0.501. The minimum atomic E-state index is -5.30. The smallest absolute Gasteiger partial charge is 0.473 e. The van der Waals surface area contributed by atoms with Gasteiger partial charge in [-0.15, -0.1) is 0 Å². The summed E-state index contributed by atoms with van der Waals surface area (Å²) in [6.07, 6.45) is -9.94. The van der Waals surface area contributed by atoms with Crippen LogP contribution in [-0.2, 0) is 11.0 Å². The standard InChI is InChI=1S/C10H5F6NO2/c11-9(12,13)6-3-1-5(2-4-6)7(18)17-8(19)10(14,15)16/h1-4H,(H,17,18,19)/p-1. The zero-order valence-corrected chi connectivity index (χ0v) is 8.84. The molecule has 0 N–H and O–H groups in total. The number of hydrogen-bond donors (Lipinski definition) is 0. The summed E-state index contributed by atoms with van der Waals surface area (Å²) in [5.74, 6) is -4.17. The molecule has 0 aliphatic carbocycles. The average molecular weight is 284 g/mol. The molecule has 1 aromatic carbocycles. The molecule has 104 valence electrons. The molecule has 0 saturated carbocycles. The quantitative estimate of drug-likeness (QED) is 0.449. The molecule has 3 nitrogen and oxygen atoms in total. The number of amides is 1. The van der Waals surface area contributed by atoms with Crippen molar-refractivity contribution in [2.45, 2.75) is 12.4 Å². The average Bonchev–Trinajstić information content (AvgIpc) is 2.26. The first-order valence-electron chi connectivity index (χ1n) is 4.56. The molecule has 0 saturated heterocycles. The van der Waals surface area contributed by atoms with Crippen LogP contribution in [0.5, 0.6) is 0 Å². The lowest BCUT2D eigenvalue weighted by Gasteiger charge is -2.12. The van der Waals surface area contributed by atoms with Gasteiger partial charge in [0.05, 0.1) is 5.56 Å². The summed E-state index contributed by atoms with van der Waals surface area (Å²) in [4.78, 5) is 12.6. The van der Waals surface area contributed by atoms with E-state index in [1.54, 1.807) is 0 Å². The highest BCUT2D eigenvalue weighted by Gasteiger charge is 2.38. The van der Waals surface area contributed by atoms with Crippen molar-refractivity contribution in [2.75, 3.05) is 0 Å². The SMILES string of the molecule is O=C(N=C([O-])c1ccc(C(F)(F)F)cc1)C(F)(F)F. The van der Waals surface area contributed by atoms with Crippen molar-refractivity contribution in [2.24, 2.45) is 4.99 Å². The summed E-state index contributed by atoms with van der Waals surface area (Å²) < 4.78 is 71.9. The summed E-state index contributed by atoms with van der Waals surface area (Å²) in [7, 11) is 0. The number of alkyl halides is 6. The number of halogens is 6. The number of benzene rings is 1. The number of carbonyl (C=O) groups excluding carboxylic acids is 1. The van der Waals surface area contributed by atoms with Crippen LogP contribution in [0, 0.1) is 0 Å². The Labute approximate surface area is 102 Å². The fourth-order valence-electron chi connectivity index (χ4n) is 1.02. The molecule has 1 aromatic rings. The van der Waals surface area contributed by atoms with E-state index in [-0.39, 0.29) is 0 Å². The molecule has 0 bridgehead atoms. The van der Waals surface area contributed by atoms with E-state index in [1.165, 1.54) is 0 Å². The number of carbonyl (C=O) groups is 1. The van der Waals surface area contributed by atoms with Gasteiger partial charge in [0.1, 0.15) is 0 Å². The summed E-state index contributed by atoms with van der Waals surface area (Å²) >= 11 is 0. The topological polar surface area (TPSA) is 52.5 Å². The van der Waals surface area contributed by atoms with E-state index >= 15 is 0 Å². The summed E-state index contributed by atoms with van der Waals surface area (Å²) in [6, 6.07) is 2.28. The lowest BCUT2D eigenvalue weighted by atomic mass is 10.1. The highest BCUT2D eigenvalue weighted by molar-refractivity contribution is 6.00. The van der Waals surface area contributed by atoms with Crippen molar-refractivity contribution in [3.63, 3.8) is 0 Å². The molecule has 0 radical (unpaired) electrons. The molecular formula is C10H4F6NO2-. The second-order valence-electron chi connectivity index (χ2n) is 3.29. The van der Waals surface area contributed by atoms with Gasteiger partial charge in [0, 0.05) is 0 Å². The van der Waals surface area contributed by atoms with E-state index in [0.717, 1.165) is 0 Å². The van der Waals surface area contributed by atoms with E-state index in [1.807, 2.05) is 0 Å². The van der Waals surface area contributed by atoms with Crippen molar-refractivity contribution in [1.82, 2.24) is 0 Å². The highest BCUT2D eigenvalue weighted by Crippen LogP contribution is 2.29. The predicted molar refractivity (Wildman–Crippen MR) is 49.0 cm³/mol. The van der Waals surface area contributed by atoms with E-state index < -0.39 is 35.3 Å². The molecule has 0 aliphatic heterocycles. The van der Waals surface area contributed by atoms with Crippen molar-refractivity contribution in [3.8, 4) is 0 Å². The molecule has 0 heterocycles. The molecule has 0 aliphatic rings. The largest absolute Gasteiger partial charge is 0.858 e. The van der Waals surface area contributed by atoms with Gasteiger partial charge in [-0.1, -0.05) is 12.1 Å². The van der Waals surface area contributed by atoms with Crippen molar-refractivity contribution < 1.29 is 36.2 Å². The Morgan fingerprint density at radius 1 is 1.00 bits per heavy atom. The predicted octanol–water partition coefficient (Wildman–Crippen LogP) is 1.90. The molecule has 0 aromatic heterocycles. The third-order valence-corrected chi connectivity index (χ3v) is 1.90. The zero-order valence-electron chi connectivity index (χ0n) is 8.84. The van der Waals surface area contributed by atoms with Crippen LogP contribution in [0.1, 0.15) is 11.1 Å². The fourth-order valence-corrected chi connectivity index (χ4v) is 1.02. The molecule has 19 heavy (non-hydrogen) atoms. The van der Waals surface area contributed by atoms with E-state index in [2.05, 4.69) is 4.99 Å². The monoisotopic (exact) mass is 284 g/mol. The zero-order chi connectivity index (χ0) is 14.8. The Morgan fingerprint density at radius 2 is 1.47 bits per heavy atom. The van der Waals surface area contributed by atoms with Gasteiger partial charge in [-0.05, 0) is 23.6 Å². The van der Waals surface area contributed by atoms with Gasteiger partial charge in [0.15, 0.2) is 0 Å². The Bertz CT molecular complexity index is 500. The summed E-state index contributed by atoms with van der Waals surface area (Å²) in [5, 5.41) is 11.1. The Morgan fingerprint density at radius 3 is 1.84 bits per heavy atom. The van der Waals surface area contributed by atoms with E-state index in [9.17, 15) is 36.2 Å². The van der Waals surface area contributed by atoms with Crippen LogP contribution >= 0.6 is 0 Å². The van der Waals surface area contributed by atoms with Gasteiger partial charge in [0.25, 0.3) is 0 Å². The summed E-state index contributed by atoms with van der Waals surface area (Å²) in [6.45, 7) is 0. The molecule has 1 amide bonds. The van der Waals surface area contributed by atoms with Gasteiger partial charge in [-0.2, -0.15) is 26.3 Å². The van der Waals surface area contributed by atoms with Gasteiger partial charge < -0.3 is 5.11 Å². The first-order chi connectivity index (χ1) is 8.51. The molecule has 0 atom stereocenters. The highest BCUT2D eigenvalue weighted by atomic mass is 19.4. The molecule has 0 unspecified atom stereocenters. The molecule has 9 heteroatoms. The Balaban J connectivity index is 2.99. The maximum atomic E-state index is 12.2. The fraction of sp³-hybridized carbons (Fsp3) is 0.200. The molecule has 0 spiro atoms. The maximum Gasteiger partial charge on any atom is 0.473 e. The van der Waals surface area contributed by atoms with E-state index in [0.29, 0.717) is 24.3 Å². The van der Waals surface area contributed by atoms with Gasteiger partial charge in [-0.3, -0.25) is 4.79 Å². The first kappa shape index (κ1) is 15.0. The third-order valence-electron chi connectivity index (χ3n) is 1.90. The number of aliphatic imine (C=N–C) groups is 1. The van der Waals surface area contributed by atoms with Crippen LogP contribution in [-0.4, -0.2) is 18.0 Å². The van der Waals surface area contributed by atoms with Gasteiger partial charge in [0.2, 0.25) is 0 Å². The first-order valence-corrected chi connectivity index (χ1v) is 4.56. The normalized spacial score (nSPS) is 13.5. The molecule has 1 rings (SSSR count). The van der Waals surface area contributed by atoms with E-state index in [4.69, 9.17) is 0 Å². The Hall–Kier alpha value is -2.06. The number of nitrogens with zero attached hydrogens (tertiary/aromatic N) is 1. The lowest BCUT2D eigenvalue weighted by molar-refractivity contribution is -0.214. The number of hydrogen-bond acceptors (Lipinski definition) is 2. The summed E-state index contributed by atoms with van der Waals surface area (Å²) in [5.41, 5.74) is -1.63. The van der Waals surface area contributed by atoms with Crippen LogP contribution in [0.3, 0.4) is 0 Å². The van der Waals surface area contributed by atoms with Gasteiger partial charge >= 0.3 is 18.3 Å². The van der Waals surface area contributed by atoms with Crippen LogP contribution < -0.4 is 5.11 Å². The van der Waals surface area contributed by atoms with Crippen molar-refractivity contribution in [1.29, 1.82) is 0 Å². The molecule has 0 fully saturated rings. The van der Waals surface area contributed by atoms with Crippen LogP contribution in [0.15, 0.2) is 29.3 Å². The number of rotatable bonds is 1. The van der Waals surface area contributed by atoms with Crippen molar-refractivity contribution >= 4 is 11.8 Å². The second kappa shape index (κ2) is 4.90. The van der Waals surface area contributed by atoms with Crippen molar-refractivity contribution in [3.05, 3.63) is 35.4 Å².